The minimum Gasteiger partial charge on any atom is -0.496 e. The summed E-state index contributed by atoms with van der Waals surface area (Å²) in [5.41, 5.74) is 1.85. The molecule has 0 aliphatic carbocycles. The fourth-order valence-corrected chi connectivity index (χ4v) is 2.98. The summed E-state index contributed by atoms with van der Waals surface area (Å²) >= 11 is 0. The molecule has 6 nitrogen and oxygen atoms in total. The van der Waals surface area contributed by atoms with E-state index in [-0.39, 0.29) is 18.4 Å². The number of methoxy groups -OCH3 is 1. The second-order valence-electron chi connectivity index (χ2n) is 6.71. The van der Waals surface area contributed by atoms with Gasteiger partial charge in [-0.1, -0.05) is 32.0 Å². The van der Waals surface area contributed by atoms with Gasteiger partial charge in [-0.25, -0.2) is 4.79 Å². The van der Waals surface area contributed by atoms with E-state index in [1.165, 1.54) is 6.07 Å². The molecule has 2 aromatic carbocycles. The summed E-state index contributed by atoms with van der Waals surface area (Å²) in [5, 5.41) is 3.66. The molecule has 3 aromatic rings. The molecule has 28 heavy (non-hydrogen) atoms. The molecule has 0 saturated heterocycles. The van der Waals surface area contributed by atoms with Gasteiger partial charge in [0.05, 0.1) is 7.11 Å². The molecule has 0 unspecified atom stereocenters. The van der Waals surface area contributed by atoms with E-state index < -0.39 is 5.63 Å². The van der Waals surface area contributed by atoms with Gasteiger partial charge in [0.25, 0.3) is 5.91 Å². The molecule has 0 aliphatic rings. The maximum absolute atomic E-state index is 12.1. The third kappa shape index (κ3) is 4.52. The monoisotopic (exact) mass is 381 g/mol. The van der Waals surface area contributed by atoms with Gasteiger partial charge in [0.2, 0.25) is 0 Å². The number of ether oxygens (including phenoxy) is 2. The van der Waals surface area contributed by atoms with E-state index in [0.29, 0.717) is 23.6 Å². The van der Waals surface area contributed by atoms with Gasteiger partial charge in [0.15, 0.2) is 6.61 Å². The van der Waals surface area contributed by atoms with Crippen molar-refractivity contribution in [2.24, 2.45) is 0 Å². The van der Waals surface area contributed by atoms with Gasteiger partial charge < -0.3 is 19.2 Å². The molecule has 3 rings (SSSR count). The number of carbonyl (C=O) groups excluding carboxylic acids is 1. The minimum atomic E-state index is -0.400. The second kappa shape index (κ2) is 8.61. The Bertz CT molecular complexity index is 1040. The van der Waals surface area contributed by atoms with Crippen LogP contribution in [0.1, 0.15) is 30.9 Å². The van der Waals surface area contributed by atoms with Gasteiger partial charge in [-0.2, -0.15) is 0 Å². The smallest absolute Gasteiger partial charge is 0.336 e. The van der Waals surface area contributed by atoms with Crippen LogP contribution in [0.25, 0.3) is 11.0 Å². The van der Waals surface area contributed by atoms with Crippen molar-refractivity contribution in [3.8, 4) is 11.5 Å². The van der Waals surface area contributed by atoms with Crippen LogP contribution in [0, 0.1) is 0 Å². The van der Waals surface area contributed by atoms with Gasteiger partial charge in [-0.05, 0) is 29.7 Å². The fourth-order valence-electron chi connectivity index (χ4n) is 2.98. The Morgan fingerprint density at radius 3 is 2.68 bits per heavy atom. The minimum absolute atomic E-state index is 0.144. The Kier molecular flexibility index (Phi) is 5.99. The molecule has 146 valence electrons. The Morgan fingerprint density at radius 2 is 1.93 bits per heavy atom. The van der Waals surface area contributed by atoms with E-state index in [9.17, 15) is 9.59 Å². The number of amides is 1. The number of hydrogen-bond donors (Lipinski definition) is 1. The van der Waals surface area contributed by atoms with E-state index in [1.54, 1.807) is 19.2 Å². The molecular formula is C22H23NO5. The lowest BCUT2D eigenvalue weighted by molar-refractivity contribution is -0.123. The molecule has 0 bridgehead atoms. The summed E-state index contributed by atoms with van der Waals surface area (Å²) in [4.78, 5) is 23.9. The summed E-state index contributed by atoms with van der Waals surface area (Å²) in [5.74, 6) is 1.11. The fraction of sp³-hybridized carbons (Fsp3) is 0.273. The third-order valence-electron chi connectivity index (χ3n) is 4.41. The van der Waals surface area contributed by atoms with Gasteiger partial charge in [0, 0.05) is 29.6 Å². The Balaban J connectivity index is 1.65. The first-order valence-electron chi connectivity index (χ1n) is 9.07. The predicted molar refractivity (Wildman–Crippen MR) is 107 cm³/mol. The number of hydrogen-bond acceptors (Lipinski definition) is 5. The zero-order valence-electron chi connectivity index (χ0n) is 16.2. The van der Waals surface area contributed by atoms with Crippen LogP contribution in [-0.4, -0.2) is 19.6 Å². The Hall–Kier alpha value is -3.28. The van der Waals surface area contributed by atoms with Crippen LogP contribution in [0.15, 0.2) is 57.7 Å². The molecule has 6 heteroatoms. The van der Waals surface area contributed by atoms with Crippen molar-refractivity contribution in [3.63, 3.8) is 0 Å². The molecule has 0 fully saturated rings. The van der Waals surface area contributed by atoms with Crippen molar-refractivity contribution in [1.29, 1.82) is 0 Å². The van der Waals surface area contributed by atoms with Gasteiger partial charge >= 0.3 is 5.63 Å². The summed E-state index contributed by atoms with van der Waals surface area (Å²) in [6.45, 7) is 4.24. The van der Waals surface area contributed by atoms with Crippen molar-refractivity contribution < 1.29 is 18.7 Å². The number of nitrogens with one attached hydrogen (secondary N) is 1. The van der Waals surface area contributed by atoms with Gasteiger partial charge in [-0.15, -0.1) is 0 Å². The first-order valence-corrected chi connectivity index (χ1v) is 9.07. The number of rotatable bonds is 7. The average molecular weight is 381 g/mol. The first kappa shape index (κ1) is 19.5. The molecular weight excluding hydrogens is 358 g/mol. The number of benzene rings is 2. The highest BCUT2D eigenvalue weighted by molar-refractivity contribution is 5.82. The lowest BCUT2D eigenvalue weighted by Gasteiger charge is -2.11. The van der Waals surface area contributed by atoms with Crippen LogP contribution in [-0.2, 0) is 11.3 Å². The van der Waals surface area contributed by atoms with Crippen LogP contribution < -0.4 is 20.4 Å². The summed E-state index contributed by atoms with van der Waals surface area (Å²) in [7, 11) is 1.59. The highest BCUT2D eigenvalue weighted by Crippen LogP contribution is 2.27. The maximum Gasteiger partial charge on any atom is 0.336 e. The first-order chi connectivity index (χ1) is 13.5. The predicted octanol–water partition coefficient (Wildman–Crippen LogP) is 3.62. The molecule has 0 saturated carbocycles. The molecule has 0 atom stereocenters. The van der Waals surface area contributed by atoms with Crippen molar-refractivity contribution in [3.05, 3.63) is 70.1 Å². The molecule has 0 aliphatic heterocycles. The quantitative estimate of drug-likeness (QED) is 0.633. The van der Waals surface area contributed by atoms with Crippen LogP contribution in [0.2, 0.25) is 0 Å². The van der Waals surface area contributed by atoms with Crippen LogP contribution in [0.4, 0.5) is 0 Å². The van der Waals surface area contributed by atoms with E-state index >= 15 is 0 Å². The van der Waals surface area contributed by atoms with Crippen LogP contribution in [0.5, 0.6) is 11.5 Å². The number of carbonyl (C=O) groups is 1. The van der Waals surface area contributed by atoms with E-state index in [2.05, 4.69) is 5.32 Å². The van der Waals surface area contributed by atoms with Crippen molar-refractivity contribution in [1.82, 2.24) is 5.32 Å². The number of fused-ring (bicyclic) bond motifs is 1. The second-order valence-corrected chi connectivity index (χ2v) is 6.71. The normalized spacial score (nSPS) is 10.9. The summed E-state index contributed by atoms with van der Waals surface area (Å²) in [6.07, 6.45) is 0. The topological polar surface area (TPSA) is 77.8 Å². The van der Waals surface area contributed by atoms with E-state index in [0.717, 1.165) is 16.5 Å². The van der Waals surface area contributed by atoms with Crippen LogP contribution in [0.3, 0.4) is 0 Å². The molecule has 0 spiro atoms. The Labute approximate surface area is 163 Å². The van der Waals surface area contributed by atoms with Crippen molar-refractivity contribution >= 4 is 16.9 Å². The molecule has 1 heterocycles. The maximum atomic E-state index is 12.1. The lowest BCUT2D eigenvalue weighted by atomic mass is 10.00. The molecule has 1 N–H and O–H groups in total. The Morgan fingerprint density at radius 1 is 1.14 bits per heavy atom. The zero-order valence-corrected chi connectivity index (χ0v) is 16.2. The zero-order chi connectivity index (χ0) is 20.1. The highest BCUT2D eigenvalue weighted by Gasteiger charge is 2.11. The van der Waals surface area contributed by atoms with Crippen LogP contribution >= 0.6 is 0 Å². The average Bonchev–Trinajstić information content (AvgIpc) is 2.69. The standard InChI is InChI=1S/C22H23NO5/c1-14(2)18-11-22(25)28-20-10-16(8-9-17(18)20)27-13-21(24)23-12-15-6-4-5-7-19(15)26-3/h4-11,14H,12-13H2,1-3H3,(H,23,24). The van der Waals surface area contributed by atoms with Gasteiger partial charge in [0.1, 0.15) is 17.1 Å². The largest absolute Gasteiger partial charge is 0.496 e. The number of para-hydroxylation sites is 1. The van der Waals surface area contributed by atoms with Gasteiger partial charge in [-0.3, -0.25) is 4.79 Å². The summed E-state index contributed by atoms with van der Waals surface area (Å²) in [6, 6.07) is 14.2. The summed E-state index contributed by atoms with van der Waals surface area (Å²) < 4.78 is 16.1. The van der Waals surface area contributed by atoms with Crippen molar-refractivity contribution in [2.75, 3.05) is 13.7 Å². The van der Waals surface area contributed by atoms with Crippen molar-refractivity contribution in [2.45, 2.75) is 26.3 Å². The molecule has 1 aromatic heterocycles. The highest BCUT2D eigenvalue weighted by atomic mass is 16.5. The lowest BCUT2D eigenvalue weighted by Crippen LogP contribution is -2.28. The van der Waals surface area contributed by atoms with E-state index in [4.69, 9.17) is 13.9 Å². The SMILES string of the molecule is COc1ccccc1CNC(=O)COc1ccc2c(C(C)C)cc(=O)oc2c1. The third-order valence-corrected chi connectivity index (χ3v) is 4.41. The van der Waals surface area contributed by atoms with E-state index in [1.807, 2.05) is 44.2 Å². The molecule has 0 radical (unpaired) electrons. The molecule has 1 amide bonds.